The van der Waals surface area contributed by atoms with Crippen LogP contribution in [0.4, 0.5) is 13.2 Å². The van der Waals surface area contributed by atoms with E-state index in [0.29, 0.717) is 6.54 Å². The molecule has 0 aromatic heterocycles. The topological polar surface area (TPSA) is 70.2 Å². The molecule has 0 spiro atoms. The molecule has 1 saturated heterocycles. The zero-order chi connectivity index (χ0) is 16.9. The van der Waals surface area contributed by atoms with Crippen LogP contribution in [0.5, 0.6) is 0 Å². The van der Waals surface area contributed by atoms with E-state index in [9.17, 15) is 22.8 Å². The summed E-state index contributed by atoms with van der Waals surface area (Å²) < 4.78 is 37.3. The van der Waals surface area contributed by atoms with Crippen LogP contribution in [0.25, 0.3) is 0 Å². The van der Waals surface area contributed by atoms with E-state index in [1.165, 1.54) is 0 Å². The van der Waals surface area contributed by atoms with Gasteiger partial charge in [0.1, 0.15) is 0 Å². The predicted molar refractivity (Wildman–Crippen MR) is 77.8 cm³/mol. The minimum absolute atomic E-state index is 0.0409. The summed E-state index contributed by atoms with van der Waals surface area (Å²) in [6.45, 7) is 1.41. The van der Waals surface area contributed by atoms with Gasteiger partial charge < -0.3 is 16.0 Å². The molecule has 5 nitrogen and oxygen atoms in total. The molecule has 0 radical (unpaired) electrons. The van der Waals surface area contributed by atoms with E-state index in [1.807, 2.05) is 0 Å². The van der Waals surface area contributed by atoms with Crippen molar-refractivity contribution in [2.24, 2.45) is 0 Å². The van der Waals surface area contributed by atoms with Crippen LogP contribution < -0.4 is 16.0 Å². The number of amides is 2. The molecule has 2 rings (SSSR count). The Kier molecular flexibility index (Phi) is 5.59. The van der Waals surface area contributed by atoms with Gasteiger partial charge in [0, 0.05) is 18.2 Å². The maximum atomic E-state index is 12.4. The van der Waals surface area contributed by atoms with Crippen LogP contribution in [-0.4, -0.2) is 37.5 Å². The molecule has 126 valence electrons. The summed E-state index contributed by atoms with van der Waals surface area (Å²) in [6, 6.07) is 3.88. The van der Waals surface area contributed by atoms with E-state index in [-0.39, 0.29) is 24.1 Å². The monoisotopic (exact) mass is 329 g/mol. The molecule has 0 aliphatic carbocycles. The number of hydrogen-bond acceptors (Lipinski definition) is 3. The molecule has 23 heavy (non-hydrogen) atoms. The van der Waals surface area contributed by atoms with Crippen LogP contribution in [0.1, 0.15) is 28.8 Å². The number of carbonyl (C=O) groups excluding carboxylic acids is 2. The third kappa shape index (κ3) is 5.24. The Morgan fingerprint density at radius 2 is 1.91 bits per heavy atom. The lowest BCUT2D eigenvalue weighted by molar-refractivity contribution is -0.137. The Balaban J connectivity index is 1.81. The Morgan fingerprint density at radius 3 is 2.48 bits per heavy atom. The number of rotatable bonds is 4. The number of alkyl halides is 3. The fourth-order valence-electron chi connectivity index (χ4n) is 2.33. The average Bonchev–Trinajstić information content (AvgIpc) is 2.53. The predicted octanol–water partition coefficient (Wildman–Crippen LogP) is 1.30. The lowest BCUT2D eigenvalue weighted by Crippen LogP contribution is -2.48. The summed E-state index contributed by atoms with van der Waals surface area (Å²) in [5.74, 6) is -0.908. The van der Waals surface area contributed by atoms with Crippen LogP contribution in [-0.2, 0) is 11.0 Å². The first-order valence-electron chi connectivity index (χ1n) is 7.32. The molecule has 0 unspecified atom stereocenters. The summed E-state index contributed by atoms with van der Waals surface area (Å²) in [5, 5.41) is 8.34. The van der Waals surface area contributed by atoms with Crippen molar-refractivity contribution in [3.63, 3.8) is 0 Å². The van der Waals surface area contributed by atoms with Crippen molar-refractivity contribution in [2.45, 2.75) is 25.1 Å². The van der Waals surface area contributed by atoms with Crippen LogP contribution in [0.3, 0.4) is 0 Å². The van der Waals surface area contributed by atoms with Crippen molar-refractivity contribution < 1.29 is 22.8 Å². The van der Waals surface area contributed by atoms with Crippen molar-refractivity contribution >= 4 is 11.8 Å². The molecule has 1 heterocycles. The first kappa shape index (κ1) is 17.3. The Labute approximate surface area is 131 Å². The highest BCUT2D eigenvalue weighted by Crippen LogP contribution is 2.28. The van der Waals surface area contributed by atoms with Gasteiger partial charge in [0.25, 0.3) is 5.91 Å². The van der Waals surface area contributed by atoms with Crippen LogP contribution in [0.15, 0.2) is 24.3 Å². The molecular formula is C15H18F3N3O2. The van der Waals surface area contributed by atoms with Gasteiger partial charge in [0.15, 0.2) is 0 Å². The highest BCUT2D eigenvalue weighted by atomic mass is 19.4. The molecule has 1 aliphatic heterocycles. The second-order valence-corrected chi connectivity index (χ2v) is 5.37. The molecule has 1 atom stereocenters. The quantitative estimate of drug-likeness (QED) is 0.780. The van der Waals surface area contributed by atoms with Gasteiger partial charge in [-0.2, -0.15) is 13.2 Å². The number of piperidine rings is 1. The Morgan fingerprint density at radius 1 is 1.22 bits per heavy atom. The van der Waals surface area contributed by atoms with Gasteiger partial charge in [-0.3, -0.25) is 9.59 Å². The molecule has 1 aromatic rings. The van der Waals surface area contributed by atoms with E-state index in [2.05, 4.69) is 16.0 Å². The molecular weight excluding hydrogens is 311 g/mol. The zero-order valence-corrected chi connectivity index (χ0v) is 12.4. The van der Waals surface area contributed by atoms with Crippen molar-refractivity contribution in [3.05, 3.63) is 35.4 Å². The Hall–Kier alpha value is -2.09. The van der Waals surface area contributed by atoms with Crippen LogP contribution in [0, 0.1) is 0 Å². The van der Waals surface area contributed by atoms with E-state index in [4.69, 9.17) is 0 Å². The third-order valence-corrected chi connectivity index (χ3v) is 3.55. The first-order chi connectivity index (χ1) is 10.9. The molecule has 8 heteroatoms. The summed E-state index contributed by atoms with van der Waals surface area (Å²) in [6.07, 6.45) is -2.59. The third-order valence-electron chi connectivity index (χ3n) is 3.55. The molecule has 0 saturated carbocycles. The molecule has 1 aromatic carbocycles. The van der Waals surface area contributed by atoms with Gasteiger partial charge in [-0.1, -0.05) is 0 Å². The van der Waals surface area contributed by atoms with Crippen LogP contribution >= 0.6 is 0 Å². The second-order valence-electron chi connectivity index (χ2n) is 5.37. The zero-order valence-electron chi connectivity index (χ0n) is 12.4. The SMILES string of the molecule is O=C(CNC(=O)c1ccc(C(F)(F)F)cc1)N[C@H]1CCCNC1. The minimum atomic E-state index is -4.44. The largest absolute Gasteiger partial charge is 0.416 e. The van der Waals surface area contributed by atoms with Crippen molar-refractivity contribution in [1.29, 1.82) is 0 Å². The lowest BCUT2D eigenvalue weighted by atomic mass is 10.1. The molecule has 3 N–H and O–H groups in total. The standard InChI is InChI=1S/C15H18F3N3O2/c16-15(17,18)11-5-3-10(4-6-11)14(23)20-9-13(22)21-12-2-1-7-19-8-12/h3-6,12,19H,1-2,7-9H2,(H,20,23)(H,21,22)/t12-/m0/s1. The van der Waals surface area contributed by atoms with Crippen molar-refractivity contribution in [2.75, 3.05) is 19.6 Å². The van der Waals surface area contributed by atoms with E-state index in [1.54, 1.807) is 0 Å². The second kappa shape index (κ2) is 7.45. The number of carbonyl (C=O) groups is 2. The maximum absolute atomic E-state index is 12.4. The highest BCUT2D eigenvalue weighted by molar-refractivity contribution is 5.96. The number of benzene rings is 1. The molecule has 2 amide bonds. The maximum Gasteiger partial charge on any atom is 0.416 e. The van der Waals surface area contributed by atoms with E-state index < -0.39 is 17.6 Å². The van der Waals surface area contributed by atoms with Gasteiger partial charge in [-0.25, -0.2) is 0 Å². The van der Waals surface area contributed by atoms with Gasteiger partial charge in [0.05, 0.1) is 12.1 Å². The van der Waals surface area contributed by atoms with E-state index in [0.717, 1.165) is 43.7 Å². The molecule has 1 aliphatic rings. The summed E-state index contributed by atoms with van der Waals surface area (Å²) in [5.41, 5.74) is -0.748. The number of hydrogen-bond donors (Lipinski definition) is 3. The fourth-order valence-corrected chi connectivity index (χ4v) is 2.33. The highest BCUT2D eigenvalue weighted by Gasteiger charge is 2.30. The smallest absolute Gasteiger partial charge is 0.351 e. The molecule has 0 bridgehead atoms. The van der Waals surface area contributed by atoms with Crippen LogP contribution in [0.2, 0.25) is 0 Å². The van der Waals surface area contributed by atoms with Gasteiger partial charge >= 0.3 is 6.18 Å². The summed E-state index contributed by atoms with van der Waals surface area (Å²) in [4.78, 5) is 23.5. The first-order valence-corrected chi connectivity index (χ1v) is 7.32. The lowest BCUT2D eigenvalue weighted by Gasteiger charge is -2.23. The van der Waals surface area contributed by atoms with Crippen molar-refractivity contribution in [3.8, 4) is 0 Å². The van der Waals surface area contributed by atoms with Gasteiger partial charge in [-0.15, -0.1) is 0 Å². The number of halogens is 3. The van der Waals surface area contributed by atoms with Gasteiger partial charge in [0.2, 0.25) is 5.91 Å². The average molecular weight is 329 g/mol. The Bertz CT molecular complexity index is 552. The summed E-state index contributed by atoms with van der Waals surface area (Å²) in [7, 11) is 0. The number of nitrogens with one attached hydrogen (secondary N) is 3. The van der Waals surface area contributed by atoms with E-state index >= 15 is 0 Å². The molecule has 1 fully saturated rings. The normalized spacial score (nSPS) is 18.3. The van der Waals surface area contributed by atoms with Gasteiger partial charge in [-0.05, 0) is 43.7 Å². The minimum Gasteiger partial charge on any atom is -0.351 e. The fraction of sp³-hybridized carbons (Fsp3) is 0.467. The van der Waals surface area contributed by atoms with Crippen molar-refractivity contribution in [1.82, 2.24) is 16.0 Å². The summed E-state index contributed by atoms with van der Waals surface area (Å²) >= 11 is 0.